The average molecular weight is 580 g/mol. The van der Waals surface area contributed by atoms with Crippen LogP contribution in [0.3, 0.4) is 0 Å². The number of rotatable bonds is 10. The summed E-state index contributed by atoms with van der Waals surface area (Å²) in [4.78, 5) is 54.6. The minimum Gasteiger partial charge on any atom is -0.481 e. The molecule has 11 heteroatoms. The minimum absolute atomic E-state index is 0.0531. The van der Waals surface area contributed by atoms with E-state index in [1.165, 1.54) is 5.01 Å². The van der Waals surface area contributed by atoms with Crippen LogP contribution in [0.15, 0.2) is 36.4 Å². The van der Waals surface area contributed by atoms with Gasteiger partial charge in [-0.3, -0.25) is 29.2 Å². The molecule has 1 saturated carbocycles. The first-order chi connectivity index (χ1) is 19.9. The summed E-state index contributed by atoms with van der Waals surface area (Å²) in [6.45, 7) is 7.06. The van der Waals surface area contributed by atoms with Gasteiger partial charge in [-0.1, -0.05) is 36.8 Å². The smallest absolute Gasteiger partial charge is 0.312 e. The largest absolute Gasteiger partial charge is 0.481 e. The van der Waals surface area contributed by atoms with Gasteiger partial charge in [-0.05, 0) is 77.0 Å². The van der Waals surface area contributed by atoms with E-state index in [4.69, 9.17) is 4.98 Å². The number of carbonyl (C=O) groups is 4. The summed E-state index contributed by atoms with van der Waals surface area (Å²) in [5.41, 5.74) is 4.19. The Morgan fingerprint density at radius 2 is 1.79 bits per heavy atom. The number of aliphatic hydroxyl groups excluding tert-OH is 1. The highest BCUT2D eigenvalue weighted by Crippen LogP contribution is 2.29. The third-order valence-electron chi connectivity index (χ3n) is 8.15. The van der Waals surface area contributed by atoms with Crippen molar-refractivity contribution in [2.45, 2.75) is 84.0 Å². The van der Waals surface area contributed by atoms with Gasteiger partial charge in [0.1, 0.15) is 18.2 Å². The molecule has 4 unspecified atom stereocenters. The van der Waals surface area contributed by atoms with Crippen molar-refractivity contribution >= 4 is 40.7 Å². The van der Waals surface area contributed by atoms with Crippen LogP contribution in [-0.2, 0) is 19.2 Å². The molecule has 2 aliphatic rings. The van der Waals surface area contributed by atoms with Crippen LogP contribution >= 0.6 is 0 Å². The van der Waals surface area contributed by atoms with Crippen LogP contribution in [0.2, 0.25) is 0 Å². The number of nitrogens with one attached hydrogen (secondary N) is 3. The van der Waals surface area contributed by atoms with E-state index in [0.717, 1.165) is 35.7 Å². The lowest BCUT2D eigenvalue weighted by atomic mass is 9.81. The number of nitrogens with zero attached hydrogens (tertiary/aromatic N) is 2. The molecule has 2 heterocycles. The Balaban J connectivity index is 1.35. The summed E-state index contributed by atoms with van der Waals surface area (Å²) >= 11 is 0. The first-order valence-electron chi connectivity index (χ1n) is 14.6. The Bertz CT molecular complexity index is 1370. The molecule has 4 atom stereocenters. The Hall–Kier alpha value is -3.83. The van der Waals surface area contributed by atoms with E-state index < -0.39 is 41.5 Å². The molecule has 0 spiro atoms. The van der Waals surface area contributed by atoms with E-state index in [0.29, 0.717) is 25.1 Å². The Kier molecular flexibility index (Phi) is 9.63. The maximum Gasteiger partial charge on any atom is 0.312 e. The number of aliphatic carboxylic acids is 1. The molecule has 1 aliphatic carbocycles. The quantitative estimate of drug-likeness (QED) is 0.287. The summed E-state index contributed by atoms with van der Waals surface area (Å²) in [6, 6.07) is 7.56. The molecule has 0 radical (unpaired) electrons. The molecule has 1 aromatic heterocycles. The number of carboxylic acid groups (broad SMARTS) is 1. The van der Waals surface area contributed by atoms with Crippen molar-refractivity contribution in [2.24, 2.45) is 11.3 Å². The van der Waals surface area contributed by atoms with Gasteiger partial charge in [0.2, 0.25) is 11.8 Å². The van der Waals surface area contributed by atoms with Crippen molar-refractivity contribution < 1.29 is 29.4 Å². The topological polar surface area (TPSA) is 161 Å². The molecule has 0 bridgehead atoms. The van der Waals surface area contributed by atoms with E-state index in [2.05, 4.69) is 16.1 Å². The SMILES string of the molecule is CC(NC(=O)C(O)C1CCC1)C(=O)N1CCCC(C(=O)NC(C)c2ccc3ccc(C=CC(C)(C)C(=O)O)cc3n2)N1. The van der Waals surface area contributed by atoms with Crippen molar-refractivity contribution in [1.29, 1.82) is 0 Å². The van der Waals surface area contributed by atoms with Crippen LogP contribution in [0, 0.1) is 11.3 Å². The summed E-state index contributed by atoms with van der Waals surface area (Å²) < 4.78 is 0. The maximum atomic E-state index is 13.2. The summed E-state index contributed by atoms with van der Waals surface area (Å²) in [5.74, 6) is -2.16. The number of benzene rings is 1. The fraction of sp³-hybridized carbons (Fsp3) is 0.516. The fourth-order valence-corrected chi connectivity index (χ4v) is 4.96. The van der Waals surface area contributed by atoms with Crippen molar-refractivity contribution in [3.05, 3.63) is 47.7 Å². The number of pyridine rings is 1. The summed E-state index contributed by atoms with van der Waals surface area (Å²) in [7, 11) is 0. The highest BCUT2D eigenvalue weighted by Gasteiger charge is 2.35. The van der Waals surface area contributed by atoms with Gasteiger partial charge in [-0.2, -0.15) is 0 Å². The molecule has 226 valence electrons. The van der Waals surface area contributed by atoms with E-state index in [-0.39, 0.29) is 17.7 Å². The number of carboxylic acids is 1. The van der Waals surface area contributed by atoms with Gasteiger partial charge in [0.15, 0.2) is 0 Å². The number of amides is 3. The van der Waals surface area contributed by atoms with Gasteiger partial charge in [-0.15, -0.1) is 0 Å². The number of fused-ring (bicyclic) bond motifs is 1. The van der Waals surface area contributed by atoms with E-state index in [9.17, 15) is 29.4 Å². The standard InChI is InChI=1S/C31H41N5O6/c1-18(23-13-12-21-11-10-20(17-25(21)34-23)14-15-31(3,4)30(41)42)32-27(38)24-9-6-16-36(35-24)29(40)19(2)33-28(39)26(37)22-7-5-8-22/h10-15,17-19,22,24,26,35,37H,5-9,16H2,1-4H3,(H,32,38)(H,33,39)(H,41,42). The fourth-order valence-electron chi connectivity index (χ4n) is 4.96. The Labute approximate surface area is 245 Å². The number of hydrazine groups is 1. The number of aromatic nitrogens is 1. The van der Waals surface area contributed by atoms with Gasteiger partial charge >= 0.3 is 5.97 Å². The van der Waals surface area contributed by atoms with Crippen LogP contribution in [0.4, 0.5) is 0 Å². The van der Waals surface area contributed by atoms with Crippen molar-refractivity contribution in [1.82, 2.24) is 26.1 Å². The average Bonchev–Trinajstić information content (AvgIpc) is 2.94. The molecule has 42 heavy (non-hydrogen) atoms. The zero-order valence-corrected chi connectivity index (χ0v) is 24.6. The molecule has 11 nitrogen and oxygen atoms in total. The zero-order chi connectivity index (χ0) is 30.6. The highest BCUT2D eigenvalue weighted by molar-refractivity contribution is 5.90. The van der Waals surface area contributed by atoms with Gasteiger partial charge in [0.25, 0.3) is 5.91 Å². The molecule has 4 rings (SSSR count). The van der Waals surface area contributed by atoms with Crippen molar-refractivity contribution in [2.75, 3.05) is 6.54 Å². The molecule has 2 fully saturated rings. The lowest BCUT2D eigenvalue weighted by Gasteiger charge is -2.35. The van der Waals surface area contributed by atoms with Gasteiger partial charge in [-0.25, -0.2) is 5.43 Å². The third-order valence-corrected chi connectivity index (χ3v) is 8.15. The minimum atomic E-state index is -1.11. The van der Waals surface area contributed by atoms with Crippen LogP contribution in [-0.4, -0.2) is 68.6 Å². The van der Waals surface area contributed by atoms with E-state index in [1.54, 1.807) is 32.9 Å². The second kappa shape index (κ2) is 13.0. The monoisotopic (exact) mass is 579 g/mol. The predicted octanol–water partition coefficient (Wildman–Crippen LogP) is 2.70. The van der Waals surface area contributed by atoms with Gasteiger partial charge in [0, 0.05) is 11.9 Å². The second-order valence-corrected chi connectivity index (χ2v) is 12.0. The first-order valence-corrected chi connectivity index (χ1v) is 14.6. The molecule has 3 amide bonds. The van der Waals surface area contributed by atoms with E-state index >= 15 is 0 Å². The second-order valence-electron chi connectivity index (χ2n) is 12.0. The van der Waals surface area contributed by atoms with Crippen LogP contribution in [0.25, 0.3) is 17.0 Å². The number of aliphatic hydroxyl groups is 1. The molecular weight excluding hydrogens is 538 g/mol. The highest BCUT2D eigenvalue weighted by atomic mass is 16.4. The Morgan fingerprint density at radius 3 is 2.45 bits per heavy atom. The lowest BCUT2D eigenvalue weighted by Crippen LogP contribution is -2.61. The molecule has 2 aromatic rings. The van der Waals surface area contributed by atoms with Crippen LogP contribution in [0.5, 0.6) is 0 Å². The molecule has 1 aliphatic heterocycles. The molecule has 1 saturated heterocycles. The van der Waals surface area contributed by atoms with Crippen molar-refractivity contribution in [3.8, 4) is 0 Å². The summed E-state index contributed by atoms with van der Waals surface area (Å²) in [6.07, 6.45) is 6.04. The Morgan fingerprint density at radius 1 is 1.07 bits per heavy atom. The predicted molar refractivity (Wildman–Crippen MR) is 158 cm³/mol. The van der Waals surface area contributed by atoms with E-state index in [1.807, 2.05) is 37.3 Å². The van der Waals surface area contributed by atoms with Crippen molar-refractivity contribution in [3.63, 3.8) is 0 Å². The summed E-state index contributed by atoms with van der Waals surface area (Å²) in [5, 5.41) is 27.4. The number of hydrogen-bond donors (Lipinski definition) is 5. The molecule has 1 aromatic carbocycles. The molecular formula is C31H41N5O6. The third kappa shape index (κ3) is 7.32. The van der Waals surface area contributed by atoms with Gasteiger partial charge in [0.05, 0.1) is 22.7 Å². The normalized spacial score (nSPS) is 20.0. The lowest BCUT2D eigenvalue weighted by molar-refractivity contribution is -0.145. The van der Waals surface area contributed by atoms with Crippen LogP contribution < -0.4 is 16.1 Å². The molecule has 5 N–H and O–H groups in total. The number of hydrogen-bond acceptors (Lipinski definition) is 7. The maximum absolute atomic E-state index is 13.2. The van der Waals surface area contributed by atoms with Crippen LogP contribution in [0.1, 0.15) is 77.1 Å². The van der Waals surface area contributed by atoms with Gasteiger partial charge < -0.3 is 20.8 Å². The zero-order valence-electron chi connectivity index (χ0n) is 24.6. The first kappa shape index (κ1) is 31.1. The number of carbonyl (C=O) groups excluding carboxylic acids is 3.